The number of rotatable bonds is 5. The van der Waals surface area contributed by atoms with E-state index in [1.54, 1.807) is 0 Å². The van der Waals surface area contributed by atoms with Gasteiger partial charge in [0.15, 0.2) is 0 Å². The Hall–Kier alpha value is -0.940. The molecule has 2 rings (SSSR count). The zero-order valence-corrected chi connectivity index (χ0v) is 11.8. The average Bonchev–Trinajstić information content (AvgIpc) is 2.76. The van der Waals surface area contributed by atoms with Crippen molar-refractivity contribution in [3.8, 4) is 0 Å². The van der Waals surface area contributed by atoms with Gasteiger partial charge in [0.2, 0.25) is 0 Å². The first-order chi connectivity index (χ1) is 8.69. The van der Waals surface area contributed by atoms with Crippen LogP contribution in [-0.4, -0.2) is 44.8 Å². The predicted octanol–water partition coefficient (Wildman–Crippen LogP) is 1.26. The lowest BCUT2D eigenvalue weighted by atomic mass is 10.0. The molecule has 5 nitrogen and oxygen atoms in total. The van der Waals surface area contributed by atoms with Crippen LogP contribution in [0.25, 0.3) is 0 Å². The molecule has 1 atom stereocenters. The second-order valence-corrected chi connectivity index (χ2v) is 5.43. The van der Waals surface area contributed by atoms with Crippen molar-refractivity contribution in [1.82, 2.24) is 25.0 Å². The van der Waals surface area contributed by atoms with Crippen LogP contribution in [0.1, 0.15) is 39.4 Å². The van der Waals surface area contributed by atoms with Crippen molar-refractivity contribution in [3.05, 3.63) is 12.2 Å². The minimum atomic E-state index is 0.564. The summed E-state index contributed by atoms with van der Waals surface area (Å²) in [5.74, 6) is 1.09. The summed E-state index contributed by atoms with van der Waals surface area (Å²) in [5.41, 5.74) is 0. The molecule has 1 aromatic heterocycles. The Labute approximate surface area is 110 Å². The highest BCUT2D eigenvalue weighted by Crippen LogP contribution is 2.13. The Balaban J connectivity index is 1.89. The van der Waals surface area contributed by atoms with Crippen molar-refractivity contribution in [1.29, 1.82) is 0 Å². The van der Waals surface area contributed by atoms with Crippen molar-refractivity contribution in [3.63, 3.8) is 0 Å². The van der Waals surface area contributed by atoms with Gasteiger partial charge in [-0.15, -0.1) is 10.2 Å². The first-order valence-corrected chi connectivity index (χ1v) is 7.04. The van der Waals surface area contributed by atoms with Crippen LogP contribution in [-0.2, 0) is 13.1 Å². The molecule has 1 aliphatic heterocycles. The van der Waals surface area contributed by atoms with Gasteiger partial charge in [-0.25, -0.2) is 0 Å². The zero-order chi connectivity index (χ0) is 13.0. The summed E-state index contributed by atoms with van der Waals surface area (Å²) in [5, 5.41) is 11.8. The van der Waals surface area contributed by atoms with E-state index < -0.39 is 0 Å². The maximum Gasteiger partial charge on any atom is 0.146 e. The predicted molar refractivity (Wildman–Crippen MR) is 72.3 cm³/mol. The molecule has 0 bridgehead atoms. The van der Waals surface area contributed by atoms with Crippen LogP contribution >= 0.6 is 0 Å². The van der Waals surface area contributed by atoms with E-state index in [0.717, 1.165) is 25.5 Å². The number of aryl methyl sites for hydroxylation is 1. The number of likely N-dealkylation sites (tertiary alicyclic amines) is 1. The van der Waals surface area contributed by atoms with Crippen LogP contribution in [0.2, 0.25) is 0 Å². The van der Waals surface area contributed by atoms with Crippen LogP contribution in [0, 0.1) is 0 Å². The minimum Gasteiger partial charge on any atom is -0.317 e. The molecule has 1 aromatic rings. The SMILES string of the molecule is CCn1cnnc1CN1CCCC(NC(C)C)C1. The van der Waals surface area contributed by atoms with Gasteiger partial charge in [-0.05, 0) is 26.3 Å². The normalized spacial score (nSPS) is 21.7. The smallest absolute Gasteiger partial charge is 0.146 e. The topological polar surface area (TPSA) is 46.0 Å². The summed E-state index contributed by atoms with van der Waals surface area (Å²) in [6.07, 6.45) is 4.38. The summed E-state index contributed by atoms with van der Waals surface area (Å²) in [6.45, 7) is 10.7. The van der Waals surface area contributed by atoms with E-state index in [1.807, 2.05) is 6.33 Å². The van der Waals surface area contributed by atoms with Crippen LogP contribution in [0.3, 0.4) is 0 Å². The highest BCUT2D eigenvalue weighted by atomic mass is 15.3. The molecular formula is C13H25N5. The van der Waals surface area contributed by atoms with Crippen LogP contribution in [0.5, 0.6) is 0 Å². The van der Waals surface area contributed by atoms with Crippen LogP contribution in [0.15, 0.2) is 6.33 Å². The number of hydrogen-bond donors (Lipinski definition) is 1. The van der Waals surface area contributed by atoms with Gasteiger partial charge in [-0.1, -0.05) is 13.8 Å². The van der Waals surface area contributed by atoms with Gasteiger partial charge in [-0.2, -0.15) is 0 Å². The Morgan fingerprint density at radius 2 is 2.33 bits per heavy atom. The highest BCUT2D eigenvalue weighted by molar-refractivity contribution is 4.88. The molecule has 18 heavy (non-hydrogen) atoms. The van der Waals surface area contributed by atoms with Crippen molar-refractivity contribution in [2.45, 2.75) is 58.8 Å². The molecule has 1 fully saturated rings. The van der Waals surface area contributed by atoms with Gasteiger partial charge < -0.3 is 9.88 Å². The van der Waals surface area contributed by atoms with Crippen molar-refractivity contribution in [2.24, 2.45) is 0 Å². The molecule has 1 unspecified atom stereocenters. The van der Waals surface area contributed by atoms with Crippen molar-refractivity contribution in [2.75, 3.05) is 13.1 Å². The fraction of sp³-hybridized carbons (Fsp3) is 0.846. The zero-order valence-electron chi connectivity index (χ0n) is 11.8. The fourth-order valence-electron chi connectivity index (χ4n) is 2.67. The molecule has 1 saturated heterocycles. The Morgan fingerprint density at radius 1 is 1.50 bits per heavy atom. The number of nitrogens with one attached hydrogen (secondary N) is 1. The largest absolute Gasteiger partial charge is 0.317 e. The Bertz CT molecular complexity index is 360. The van der Waals surface area contributed by atoms with Crippen molar-refractivity contribution < 1.29 is 0 Å². The van der Waals surface area contributed by atoms with E-state index in [0.29, 0.717) is 12.1 Å². The minimum absolute atomic E-state index is 0.564. The molecule has 0 aliphatic carbocycles. The molecule has 2 heterocycles. The quantitative estimate of drug-likeness (QED) is 0.856. The number of nitrogens with zero attached hydrogens (tertiary/aromatic N) is 4. The maximum atomic E-state index is 4.22. The third-order valence-corrected chi connectivity index (χ3v) is 3.48. The lowest BCUT2D eigenvalue weighted by molar-refractivity contribution is 0.173. The third-order valence-electron chi connectivity index (χ3n) is 3.48. The summed E-state index contributed by atoms with van der Waals surface area (Å²) in [4.78, 5) is 2.49. The first-order valence-electron chi connectivity index (χ1n) is 7.04. The third kappa shape index (κ3) is 3.53. The molecular weight excluding hydrogens is 226 g/mol. The Morgan fingerprint density at radius 3 is 3.06 bits per heavy atom. The molecule has 0 radical (unpaired) electrons. The second-order valence-electron chi connectivity index (χ2n) is 5.43. The number of hydrogen-bond acceptors (Lipinski definition) is 4. The molecule has 1 aliphatic rings. The van der Waals surface area contributed by atoms with Gasteiger partial charge in [0.25, 0.3) is 0 Å². The van der Waals surface area contributed by atoms with Crippen LogP contribution < -0.4 is 5.32 Å². The van der Waals surface area contributed by atoms with Gasteiger partial charge in [0.1, 0.15) is 12.2 Å². The van der Waals surface area contributed by atoms with Crippen LogP contribution in [0.4, 0.5) is 0 Å². The second kappa shape index (κ2) is 6.29. The monoisotopic (exact) mass is 251 g/mol. The summed E-state index contributed by atoms with van der Waals surface area (Å²) < 4.78 is 2.12. The fourth-order valence-corrected chi connectivity index (χ4v) is 2.67. The summed E-state index contributed by atoms with van der Waals surface area (Å²) in [6, 6.07) is 1.19. The molecule has 5 heteroatoms. The molecule has 0 aromatic carbocycles. The molecule has 102 valence electrons. The van der Waals surface area contributed by atoms with Gasteiger partial charge in [-0.3, -0.25) is 4.90 Å². The maximum absolute atomic E-state index is 4.22. The van der Waals surface area contributed by atoms with Crippen molar-refractivity contribution >= 4 is 0 Å². The lowest BCUT2D eigenvalue weighted by Crippen LogP contribution is -2.47. The molecule has 0 spiro atoms. The molecule has 0 saturated carbocycles. The van der Waals surface area contributed by atoms with E-state index in [9.17, 15) is 0 Å². The first kappa shape index (κ1) is 13.5. The highest BCUT2D eigenvalue weighted by Gasteiger charge is 2.21. The lowest BCUT2D eigenvalue weighted by Gasteiger charge is -2.33. The average molecular weight is 251 g/mol. The molecule has 1 N–H and O–H groups in total. The summed E-state index contributed by atoms with van der Waals surface area (Å²) in [7, 11) is 0. The van der Waals surface area contributed by atoms with E-state index in [2.05, 4.69) is 45.8 Å². The number of piperidine rings is 1. The molecule has 0 amide bonds. The van der Waals surface area contributed by atoms with E-state index >= 15 is 0 Å². The van der Waals surface area contributed by atoms with Gasteiger partial charge in [0.05, 0.1) is 6.54 Å². The number of aromatic nitrogens is 3. The van der Waals surface area contributed by atoms with Gasteiger partial charge in [0, 0.05) is 25.2 Å². The van der Waals surface area contributed by atoms with E-state index in [1.165, 1.54) is 19.4 Å². The van der Waals surface area contributed by atoms with E-state index in [-0.39, 0.29) is 0 Å². The Kier molecular flexibility index (Phi) is 4.72. The summed E-state index contributed by atoms with van der Waals surface area (Å²) >= 11 is 0. The van der Waals surface area contributed by atoms with E-state index in [4.69, 9.17) is 0 Å². The van der Waals surface area contributed by atoms with Gasteiger partial charge >= 0.3 is 0 Å². The standard InChI is InChI=1S/C13H25N5/c1-4-18-10-14-16-13(18)9-17-7-5-6-12(8-17)15-11(2)3/h10-12,15H,4-9H2,1-3H3.